The van der Waals surface area contributed by atoms with Crippen LogP contribution in [0.5, 0.6) is 5.75 Å². The van der Waals surface area contributed by atoms with Crippen molar-refractivity contribution in [3.8, 4) is 22.7 Å². The summed E-state index contributed by atoms with van der Waals surface area (Å²) >= 11 is 0. The lowest BCUT2D eigenvalue weighted by molar-refractivity contribution is 0.0784. The SMILES string of the molecule is COc1ccc(-n2nc(-c3ccc(F)cc3)cc2C(=O)N2CCCC2)cc1. The molecular formula is C21H20FN3O2. The van der Waals surface area contributed by atoms with Crippen LogP contribution in [0.25, 0.3) is 16.9 Å². The number of nitrogens with zero attached hydrogens (tertiary/aromatic N) is 3. The van der Waals surface area contributed by atoms with Gasteiger partial charge in [0.15, 0.2) is 0 Å². The number of hydrogen-bond donors (Lipinski definition) is 0. The number of methoxy groups -OCH3 is 1. The van der Waals surface area contributed by atoms with E-state index in [1.807, 2.05) is 29.2 Å². The molecule has 0 unspecified atom stereocenters. The monoisotopic (exact) mass is 365 g/mol. The molecule has 1 fully saturated rings. The van der Waals surface area contributed by atoms with Crippen LogP contribution in [0.1, 0.15) is 23.3 Å². The zero-order valence-corrected chi connectivity index (χ0v) is 15.1. The topological polar surface area (TPSA) is 47.4 Å². The maximum Gasteiger partial charge on any atom is 0.272 e. The number of rotatable bonds is 4. The summed E-state index contributed by atoms with van der Waals surface area (Å²) < 4.78 is 20.1. The van der Waals surface area contributed by atoms with Gasteiger partial charge >= 0.3 is 0 Å². The Hall–Kier alpha value is -3.15. The lowest BCUT2D eigenvalue weighted by Crippen LogP contribution is -2.29. The summed E-state index contributed by atoms with van der Waals surface area (Å²) in [5.74, 6) is 0.392. The van der Waals surface area contributed by atoms with Gasteiger partial charge in [-0.05, 0) is 67.4 Å². The van der Waals surface area contributed by atoms with Crippen LogP contribution >= 0.6 is 0 Å². The standard InChI is InChI=1S/C21H20FN3O2/c1-27-18-10-8-17(9-11-18)25-20(21(26)24-12-2-3-13-24)14-19(23-25)15-4-6-16(22)7-5-15/h4-11,14H,2-3,12-13H2,1H3. The van der Waals surface area contributed by atoms with Gasteiger partial charge in [0.1, 0.15) is 17.3 Å². The van der Waals surface area contributed by atoms with Crippen molar-refractivity contribution in [2.75, 3.05) is 20.2 Å². The molecule has 4 rings (SSSR count). The van der Waals surface area contributed by atoms with Crippen molar-refractivity contribution >= 4 is 5.91 Å². The predicted molar refractivity (Wildman–Crippen MR) is 101 cm³/mol. The average molecular weight is 365 g/mol. The summed E-state index contributed by atoms with van der Waals surface area (Å²) in [5.41, 5.74) is 2.67. The summed E-state index contributed by atoms with van der Waals surface area (Å²) in [7, 11) is 1.61. The normalized spacial score (nSPS) is 13.8. The number of carbonyl (C=O) groups is 1. The highest BCUT2D eigenvalue weighted by Crippen LogP contribution is 2.25. The Morgan fingerprint density at radius 1 is 1.04 bits per heavy atom. The lowest BCUT2D eigenvalue weighted by atomic mass is 10.1. The smallest absolute Gasteiger partial charge is 0.272 e. The number of halogens is 1. The van der Waals surface area contributed by atoms with Crippen LogP contribution < -0.4 is 4.74 Å². The quantitative estimate of drug-likeness (QED) is 0.704. The van der Waals surface area contributed by atoms with E-state index in [9.17, 15) is 9.18 Å². The van der Waals surface area contributed by atoms with Crippen LogP contribution in [-0.2, 0) is 0 Å². The van der Waals surface area contributed by atoms with Gasteiger partial charge in [-0.1, -0.05) is 0 Å². The minimum atomic E-state index is -0.304. The van der Waals surface area contributed by atoms with Gasteiger partial charge in [-0.15, -0.1) is 0 Å². The number of carbonyl (C=O) groups excluding carboxylic acids is 1. The van der Waals surface area contributed by atoms with Crippen molar-refractivity contribution in [2.45, 2.75) is 12.8 Å². The molecule has 0 bridgehead atoms. The van der Waals surface area contributed by atoms with Crippen molar-refractivity contribution in [2.24, 2.45) is 0 Å². The molecule has 0 atom stereocenters. The zero-order valence-electron chi connectivity index (χ0n) is 15.1. The van der Waals surface area contributed by atoms with Crippen molar-refractivity contribution in [1.82, 2.24) is 14.7 Å². The molecule has 3 aromatic rings. The Labute approximate surface area is 157 Å². The van der Waals surface area contributed by atoms with Crippen molar-refractivity contribution in [3.05, 3.63) is 66.1 Å². The molecule has 1 aliphatic rings. The van der Waals surface area contributed by atoms with Gasteiger partial charge in [0.05, 0.1) is 18.5 Å². The first-order valence-electron chi connectivity index (χ1n) is 8.95. The number of benzene rings is 2. The van der Waals surface area contributed by atoms with E-state index in [-0.39, 0.29) is 11.7 Å². The van der Waals surface area contributed by atoms with E-state index in [2.05, 4.69) is 5.10 Å². The fourth-order valence-corrected chi connectivity index (χ4v) is 3.30. The maximum atomic E-state index is 13.3. The Morgan fingerprint density at radius 2 is 1.70 bits per heavy atom. The number of aromatic nitrogens is 2. The number of hydrogen-bond acceptors (Lipinski definition) is 3. The minimum absolute atomic E-state index is 0.0378. The summed E-state index contributed by atoms with van der Waals surface area (Å²) in [6.45, 7) is 1.52. The molecule has 6 heteroatoms. The number of ether oxygens (including phenoxy) is 1. The van der Waals surface area contributed by atoms with Crippen molar-refractivity contribution < 1.29 is 13.9 Å². The first-order valence-corrected chi connectivity index (χ1v) is 8.95. The second-order valence-electron chi connectivity index (χ2n) is 6.53. The van der Waals surface area contributed by atoms with Crippen LogP contribution in [0.15, 0.2) is 54.6 Å². The molecule has 0 aliphatic carbocycles. The van der Waals surface area contributed by atoms with Crippen LogP contribution in [0.3, 0.4) is 0 Å². The van der Waals surface area contributed by atoms with Gasteiger partial charge in [-0.3, -0.25) is 4.79 Å². The molecule has 1 aliphatic heterocycles. The molecule has 1 amide bonds. The largest absolute Gasteiger partial charge is 0.497 e. The molecule has 138 valence electrons. The van der Waals surface area contributed by atoms with Crippen LogP contribution in [-0.4, -0.2) is 40.8 Å². The van der Waals surface area contributed by atoms with Crippen LogP contribution in [0.2, 0.25) is 0 Å². The van der Waals surface area contributed by atoms with E-state index >= 15 is 0 Å². The fourth-order valence-electron chi connectivity index (χ4n) is 3.30. The second-order valence-corrected chi connectivity index (χ2v) is 6.53. The molecule has 0 saturated carbocycles. The van der Waals surface area contributed by atoms with Crippen molar-refractivity contribution in [1.29, 1.82) is 0 Å². The molecule has 2 heterocycles. The second kappa shape index (κ2) is 7.23. The zero-order chi connectivity index (χ0) is 18.8. The third-order valence-corrected chi connectivity index (χ3v) is 4.78. The van der Waals surface area contributed by atoms with Gasteiger partial charge in [-0.25, -0.2) is 9.07 Å². The van der Waals surface area contributed by atoms with Crippen molar-refractivity contribution in [3.63, 3.8) is 0 Å². The third-order valence-electron chi connectivity index (χ3n) is 4.78. The predicted octanol–water partition coefficient (Wildman–Crippen LogP) is 3.92. The van der Waals surface area contributed by atoms with E-state index in [0.717, 1.165) is 42.9 Å². The van der Waals surface area contributed by atoms with Gasteiger partial charge in [0.2, 0.25) is 0 Å². The van der Waals surface area contributed by atoms with Gasteiger partial charge in [0, 0.05) is 18.7 Å². The molecule has 27 heavy (non-hydrogen) atoms. The Balaban J connectivity index is 1.78. The Kier molecular flexibility index (Phi) is 4.62. The summed E-state index contributed by atoms with van der Waals surface area (Å²) in [6.07, 6.45) is 2.04. The average Bonchev–Trinajstić information content (AvgIpc) is 3.38. The van der Waals surface area contributed by atoms with E-state index in [0.29, 0.717) is 11.4 Å². The Morgan fingerprint density at radius 3 is 2.33 bits per heavy atom. The van der Waals surface area contributed by atoms with Gasteiger partial charge in [0.25, 0.3) is 5.91 Å². The first-order chi connectivity index (χ1) is 13.2. The van der Waals surface area contributed by atoms with E-state index in [1.54, 1.807) is 30.0 Å². The lowest BCUT2D eigenvalue weighted by Gasteiger charge is -2.16. The van der Waals surface area contributed by atoms with Gasteiger partial charge in [-0.2, -0.15) is 5.10 Å². The molecule has 0 N–H and O–H groups in total. The third kappa shape index (κ3) is 3.43. The first kappa shape index (κ1) is 17.3. The summed E-state index contributed by atoms with van der Waals surface area (Å²) in [4.78, 5) is 14.9. The van der Waals surface area contributed by atoms with Crippen LogP contribution in [0.4, 0.5) is 4.39 Å². The maximum absolute atomic E-state index is 13.3. The summed E-state index contributed by atoms with van der Waals surface area (Å²) in [5, 5.41) is 4.63. The number of amides is 1. The highest BCUT2D eigenvalue weighted by molar-refractivity contribution is 5.94. The van der Waals surface area contributed by atoms with Crippen LogP contribution in [0, 0.1) is 5.82 Å². The van der Waals surface area contributed by atoms with E-state index < -0.39 is 0 Å². The minimum Gasteiger partial charge on any atom is -0.497 e. The molecule has 2 aromatic carbocycles. The summed E-state index contributed by atoms with van der Waals surface area (Å²) in [6, 6.07) is 15.3. The number of likely N-dealkylation sites (tertiary alicyclic amines) is 1. The molecular weight excluding hydrogens is 345 g/mol. The molecule has 1 saturated heterocycles. The molecule has 0 radical (unpaired) electrons. The highest BCUT2D eigenvalue weighted by atomic mass is 19.1. The highest BCUT2D eigenvalue weighted by Gasteiger charge is 2.25. The Bertz CT molecular complexity index is 943. The molecule has 1 aromatic heterocycles. The molecule has 5 nitrogen and oxygen atoms in total. The van der Waals surface area contributed by atoms with E-state index in [1.165, 1.54) is 12.1 Å². The van der Waals surface area contributed by atoms with Gasteiger partial charge < -0.3 is 9.64 Å². The molecule has 0 spiro atoms. The van der Waals surface area contributed by atoms with E-state index in [4.69, 9.17) is 4.74 Å². The fraction of sp³-hybridized carbons (Fsp3) is 0.238.